The number of aromatic nitrogens is 5. The molecule has 1 amide bonds. The Kier molecular flexibility index (Phi) is 5.64. The molecule has 2 atom stereocenters. The zero-order chi connectivity index (χ0) is 17.6. The molecule has 0 aliphatic carbocycles. The molecule has 0 saturated carbocycles. The van der Waals surface area contributed by atoms with Crippen LogP contribution in [0.1, 0.15) is 18.7 Å². The first-order valence-electron chi connectivity index (χ1n) is 8.32. The van der Waals surface area contributed by atoms with Gasteiger partial charge in [0.1, 0.15) is 24.7 Å². The lowest BCUT2D eigenvalue weighted by molar-refractivity contribution is -0.130. The van der Waals surface area contributed by atoms with Gasteiger partial charge in [-0.2, -0.15) is 5.10 Å². The fourth-order valence-corrected chi connectivity index (χ4v) is 3.07. The van der Waals surface area contributed by atoms with Crippen LogP contribution in [-0.2, 0) is 17.9 Å². The molecule has 134 valence electrons. The van der Waals surface area contributed by atoms with Crippen LogP contribution < -0.4 is 0 Å². The predicted octanol–water partition coefficient (Wildman–Crippen LogP) is 0.529. The molecule has 25 heavy (non-hydrogen) atoms. The summed E-state index contributed by atoms with van der Waals surface area (Å²) in [7, 11) is 1.76. The van der Waals surface area contributed by atoms with Gasteiger partial charge in [0.15, 0.2) is 0 Å². The molecule has 2 aromatic heterocycles. The third-order valence-electron chi connectivity index (χ3n) is 4.37. The van der Waals surface area contributed by atoms with Crippen LogP contribution in [0, 0.1) is 0 Å². The van der Waals surface area contributed by atoms with Crippen LogP contribution in [0.15, 0.2) is 31.1 Å². The monoisotopic (exact) mass is 347 g/mol. The SMILES string of the molecule is CN(C[C@@H]1C[C@H](F)CN1Cc1ncccn1)C(=O)CCn1cncn1. The minimum Gasteiger partial charge on any atom is -0.344 e. The zero-order valence-electron chi connectivity index (χ0n) is 14.2. The maximum Gasteiger partial charge on any atom is 0.224 e. The fraction of sp³-hybridized carbons (Fsp3) is 0.562. The predicted molar refractivity (Wildman–Crippen MR) is 88.0 cm³/mol. The first kappa shape index (κ1) is 17.4. The van der Waals surface area contributed by atoms with Gasteiger partial charge in [0.2, 0.25) is 5.91 Å². The molecule has 3 rings (SSSR count). The van der Waals surface area contributed by atoms with Crippen LogP contribution in [0.25, 0.3) is 0 Å². The van der Waals surface area contributed by atoms with Crippen molar-refractivity contribution in [3.63, 3.8) is 0 Å². The van der Waals surface area contributed by atoms with Crippen LogP contribution in [0.2, 0.25) is 0 Å². The Labute approximate surface area is 145 Å². The van der Waals surface area contributed by atoms with Crippen molar-refractivity contribution in [2.24, 2.45) is 0 Å². The molecular weight excluding hydrogens is 325 g/mol. The van der Waals surface area contributed by atoms with Crippen LogP contribution in [0.4, 0.5) is 4.39 Å². The summed E-state index contributed by atoms with van der Waals surface area (Å²) in [5.74, 6) is 0.676. The fourth-order valence-electron chi connectivity index (χ4n) is 3.07. The van der Waals surface area contributed by atoms with Crippen molar-refractivity contribution in [3.8, 4) is 0 Å². The third kappa shape index (κ3) is 4.79. The van der Waals surface area contributed by atoms with Gasteiger partial charge < -0.3 is 4.90 Å². The lowest BCUT2D eigenvalue weighted by Gasteiger charge is -2.28. The van der Waals surface area contributed by atoms with Gasteiger partial charge in [-0.25, -0.2) is 19.3 Å². The van der Waals surface area contributed by atoms with Crippen molar-refractivity contribution in [2.75, 3.05) is 20.1 Å². The van der Waals surface area contributed by atoms with Gasteiger partial charge in [0.25, 0.3) is 0 Å². The number of likely N-dealkylation sites (N-methyl/N-ethyl adjacent to an activating group) is 1. The van der Waals surface area contributed by atoms with Gasteiger partial charge in [0, 0.05) is 45.0 Å². The smallest absolute Gasteiger partial charge is 0.224 e. The summed E-state index contributed by atoms with van der Waals surface area (Å²) in [6, 6.07) is 1.73. The van der Waals surface area contributed by atoms with Gasteiger partial charge in [0.05, 0.1) is 13.1 Å². The van der Waals surface area contributed by atoms with Crippen molar-refractivity contribution in [1.29, 1.82) is 0 Å². The third-order valence-corrected chi connectivity index (χ3v) is 4.37. The summed E-state index contributed by atoms with van der Waals surface area (Å²) in [4.78, 5) is 28.2. The highest BCUT2D eigenvalue weighted by Crippen LogP contribution is 2.22. The summed E-state index contributed by atoms with van der Waals surface area (Å²) < 4.78 is 15.5. The molecule has 0 bridgehead atoms. The molecule has 0 unspecified atom stereocenters. The quantitative estimate of drug-likeness (QED) is 0.727. The lowest BCUT2D eigenvalue weighted by atomic mass is 10.2. The summed E-state index contributed by atoms with van der Waals surface area (Å²) in [6.45, 7) is 1.82. The maximum atomic E-state index is 13.9. The number of carbonyl (C=O) groups excluding carboxylic acids is 1. The van der Waals surface area contributed by atoms with E-state index in [-0.39, 0.29) is 11.9 Å². The minimum absolute atomic E-state index is 0.00807. The largest absolute Gasteiger partial charge is 0.344 e. The number of aryl methyl sites for hydroxylation is 1. The number of nitrogens with zero attached hydrogens (tertiary/aromatic N) is 7. The van der Waals surface area contributed by atoms with E-state index in [0.29, 0.717) is 44.8 Å². The van der Waals surface area contributed by atoms with Gasteiger partial charge >= 0.3 is 0 Å². The number of alkyl halides is 1. The highest BCUT2D eigenvalue weighted by molar-refractivity contribution is 5.75. The van der Waals surface area contributed by atoms with Crippen molar-refractivity contribution >= 4 is 5.91 Å². The summed E-state index contributed by atoms with van der Waals surface area (Å²) in [6.07, 6.45) is 6.27. The van der Waals surface area contributed by atoms with Crippen molar-refractivity contribution in [2.45, 2.75) is 38.1 Å². The second-order valence-corrected chi connectivity index (χ2v) is 6.26. The molecule has 8 nitrogen and oxygen atoms in total. The van der Waals surface area contributed by atoms with Gasteiger partial charge in [-0.05, 0) is 12.5 Å². The number of rotatable bonds is 7. The van der Waals surface area contributed by atoms with E-state index < -0.39 is 6.17 Å². The second kappa shape index (κ2) is 8.11. The Hall–Kier alpha value is -2.42. The van der Waals surface area contributed by atoms with Crippen molar-refractivity contribution < 1.29 is 9.18 Å². The molecule has 2 aromatic rings. The molecular formula is C16H22FN7O. The molecule has 9 heteroatoms. The highest BCUT2D eigenvalue weighted by atomic mass is 19.1. The number of hydrogen-bond donors (Lipinski definition) is 0. The topological polar surface area (TPSA) is 80.0 Å². The average Bonchev–Trinajstić information content (AvgIpc) is 3.23. The Balaban J connectivity index is 1.53. The molecule has 1 aliphatic rings. The van der Waals surface area contributed by atoms with E-state index in [4.69, 9.17) is 0 Å². The van der Waals surface area contributed by atoms with E-state index in [1.165, 1.54) is 6.33 Å². The number of halogens is 1. The number of hydrogen-bond acceptors (Lipinski definition) is 6. The normalized spacial score (nSPS) is 20.7. The Morgan fingerprint density at radius 3 is 2.92 bits per heavy atom. The van der Waals surface area contributed by atoms with E-state index in [1.54, 1.807) is 41.4 Å². The van der Waals surface area contributed by atoms with E-state index >= 15 is 0 Å². The van der Waals surface area contributed by atoms with Gasteiger partial charge in [-0.3, -0.25) is 14.4 Å². The van der Waals surface area contributed by atoms with Gasteiger partial charge in [-0.15, -0.1) is 0 Å². The summed E-state index contributed by atoms with van der Waals surface area (Å²) in [5.41, 5.74) is 0. The Morgan fingerprint density at radius 1 is 1.40 bits per heavy atom. The molecule has 1 aliphatic heterocycles. The van der Waals surface area contributed by atoms with Crippen molar-refractivity contribution in [3.05, 3.63) is 36.9 Å². The molecule has 0 N–H and O–H groups in total. The van der Waals surface area contributed by atoms with E-state index in [0.717, 1.165) is 0 Å². The van der Waals surface area contributed by atoms with Crippen LogP contribution >= 0.6 is 0 Å². The molecule has 1 fully saturated rings. The Bertz CT molecular complexity index is 666. The number of carbonyl (C=O) groups is 1. The molecule has 0 aromatic carbocycles. The van der Waals surface area contributed by atoms with E-state index in [9.17, 15) is 9.18 Å². The summed E-state index contributed by atoms with van der Waals surface area (Å²) >= 11 is 0. The van der Waals surface area contributed by atoms with Crippen LogP contribution in [0.5, 0.6) is 0 Å². The molecule has 1 saturated heterocycles. The maximum absolute atomic E-state index is 13.9. The lowest BCUT2D eigenvalue weighted by Crippen LogP contribution is -2.41. The second-order valence-electron chi connectivity index (χ2n) is 6.26. The highest BCUT2D eigenvalue weighted by Gasteiger charge is 2.33. The Morgan fingerprint density at radius 2 is 2.20 bits per heavy atom. The number of amides is 1. The first-order chi connectivity index (χ1) is 12.1. The first-order valence-corrected chi connectivity index (χ1v) is 8.32. The molecule has 3 heterocycles. The standard InChI is InChI=1S/C16H22FN7O/c1-22(16(25)3-6-24-12-18-11-21-24)9-14-7-13(17)8-23(14)10-15-19-4-2-5-20-15/h2,4-5,11-14H,3,6-10H2,1H3/t13-,14-/m0/s1. The zero-order valence-corrected chi connectivity index (χ0v) is 14.2. The van der Waals surface area contributed by atoms with Crippen molar-refractivity contribution in [1.82, 2.24) is 34.5 Å². The van der Waals surface area contributed by atoms with Crippen LogP contribution in [-0.4, -0.2) is 72.8 Å². The summed E-state index contributed by atoms with van der Waals surface area (Å²) in [5, 5.41) is 3.98. The number of likely N-dealkylation sites (tertiary alicyclic amines) is 1. The van der Waals surface area contributed by atoms with E-state index in [1.807, 2.05) is 4.90 Å². The van der Waals surface area contributed by atoms with Crippen LogP contribution in [0.3, 0.4) is 0 Å². The average molecular weight is 347 g/mol. The molecule has 0 spiro atoms. The van der Waals surface area contributed by atoms with E-state index in [2.05, 4.69) is 20.1 Å². The van der Waals surface area contributed by atoms with Gasteiger partial charge in [-0.1, -0.05) is 0 Å². The minimum atomic E-state index is -0.882. The molecule has 0 radical (unpaired) electrons.